The van der Waals surface area contributed by atoms with Crippen molar-refractivity contribution in [1.82, 2.24) is 5.32 Å². The van der Waals surface area contributed by atoms with Crippen molar-refractivity contribution in [2.75, 3.05) is 19.8 Å². The molecular formula is C71H121NO13. The second-order valence-corrected chi connectivity index (χ2v) is 23.2. The zero-order valence-electron chi connectivity index (χ0n) is 52.8. The summed E-state index contributed by atoms with van der Waals surface area (Å²) in [6, 6.07) is -0.941. The molecule has 0 aliphatic carbocycles. The van der Waals surface area contributed by atoms with Gasteiger partial charge in [0.05, 0.1) is 32.0 Å². The van der Waals surface area contributed by atoms with E-state index in [1.165, 1.54) is 122 Å². The highest BCUT2D eigenvalue weighted by atomic mass is 16.7. The van der Waals surface area contributed by atoms with E-state index in [2.05, 4.69) is 116 Å². The first kappa shape index (κ1) is 77.7. The number of aliphatic hydroxyl groups is 8. The lowest BCUT2D eigenvalue weighted by atomic mass is 9.97. The number of allylic oxidation sites excluding steroid dienone is 17. The van der Waals surface area contributed by atoms with Gasteiger partial charge >= 0.3 is 0 Å². The molecule has 9 N–H and O–H groups in total. The first-order valence-corrected chi connectivity index (χ1v) is 33.6. The molecule has 0 saturated carbocycles. The smallest absolute Gasteiger partial charge is 0.220 e. The number of carbonyl (C=O) groups excluding carboxylic acids is 1. The van der Waals surface area contributed by atoms with Crippen molar-refractivity contribution < 1.29 is 64.6 Å². The molecule has 2 aliphatic rings. The van der Waals surface area contributed by atoms with Gasteiger partial charge in [-0.15, -0.1) is 0 Å². The quantitative estimate of drug-likeness (QED) is 0.0204. The van der Waals surface area contributed by atoms with Crippen LogP contribution in [-0.2, 0) is 23.7 Å². The maximum atomic E-state index is 13.3. The second kappa shape index (κ2) is 54.8. The zero-order valence-corrected chi connectivity index (χ0v) is 52.8. The average molecular weight is 1200 g/mol. The lowest BCUT2D eigenvalue weighted by Gasteiger charge is -2.46. The third kappa shape index (κ3) is 39.3. The van der Waals surface area contributed by atoms with Gasteiger partial charge in [-0.2, -0.15) is 0 Å². The number of hydrogen-bond acceptors (Lipinski definition) is 13. The number of aliphatic hydroxyl groups excluding tert-OH is 8. The Morgan fingerprint density at radius 2 is 0.824 bits per heavy atom. The molecule has 0 spiro atoms. The van der Waals surface area contributed by atoms with Crippen LogP contribution in [0.3, 0.4) is 0 Å². The van der Waals surface area contributed by atoms with Gasteiger partial charge in [0.25, 0.3) is 0 Å². The van der Waals surface area contributed by atoms with E-state index in [1.807, 2.05) is 6.08 Å². The van der Waals surface area contributed by atoms with Crippen LogP contribution in [0.1, 0.15) is 239 Å². The van der Waals surface area contributed by atoms with Crippen molar-refractivity contribution in [2.24, 2.45) is 0 Å². The highest BCUT2D eigenvalue weighted by Gasteiger charge is 2.51. The average Bonchev–Trinajstić information content (AvgIpc) is 3.60. The highest BCUT2D eigenvalue weighted by Crippen LogP contribution is 2.30. The fourth-order valence-electron chi connectivity index (χ4n) is 10.3. The van der Waals surface area contributed by atoms with E-state index in [9.17, 15) is 45.6 Å². The first-order valence-electron chi connectivity index (χ1n) is 33.6. The molecule has 1 amide bonds. The summed E-state index contributed by atoms with van der Waals surface area (Å²) in [5, 5.41) is 87.0. The summed E-state index contributed by atoms with van der Waals surface area (Å²) in [5.41, 5.74) is 0. The first-order chi connectivity index (χ1) is 41.6. The van der Waals surface area contributed by atoms with Gasteiger partial charge in [0.1, 0.15) is 48.8 Å². The van der Waals surface area contributed by atoms with E-state index in [-0.39, 0.29) is 18.9 Å². The Labute approximate surface area is 515 Å². The summed E-state index contributed by atoms with van der Waals surface area (Å²) in [5.74, 6) is -0.256. The van der Waals surface area contributed by atoms with Crippen molar-refractivity contribution in [3.05, 3.63) is 109 Å². The fourth-order valence-corrected chi connectivity index (χ4v) is 10.3. The lowest BCUT2D eigenvalue weighted by Crippen LogP contribution is -2.65. The molecule has 85 heavy (non-hydrogen) atoms. The van der Waals surface area contributed by atoms with Crippen molar-refractivity contribution >= 4 is 5.91 Å². The number of nitrogens with one attached hydrogen (secondary N) is 1. The van der Waals surface area contributed by atoms with E-state index < -0.39 is 86.8 Å². The SMILES string of the molecule is CC/C=C\C/C=C\C/C=C\C/C=C\C/C=C\C/C=C\CCCCCCCCCCCCCCCCCCCCCCC(=O)NC(COC1OC(CO)C(OC2OC(CO)C(O)C(O)C2O)C(O)C1O)C(O)/C=C/CC/C=C/CC/C=C/CCCC. The van der Waals surface area contributed by atoms with Gasteiger partial charge in [0.2, 0.25) is 5.91 Å². The van der Waals surface area contributed by atoms with Crippen molar-refractivity contribution in [3.8, 4) is 0 Å². The maximum Gasteiger partial charge on any atom is 0.220 e. The Morgan fingerprint density at radius 3 is 1.29 bits per heavy atom. The molecule has 2 saturated heterocycles. The van der Waals surface area contributed by atoms with Crippen LogP contribution in [0.25, 0.3) is 0 Å². The Kier molecular flexibility index (Phi) is 50.1. The standard InChI is InChI=1S/C71H121NO13/c1-3-5-7-9-11-13-15-17-18-19-20-21-22-23-24-25-26-27-28-29-30-31-32-33-34-35-36-37-38-39-40-41-42-43-45-47-49-51-53-55-63(76)72-59(60(75)54-52-50-48-46-44-16-14-12-10-8-6-4-2)58-82-70-68(81)66(79)69(62(57-74)84-70)85-71-67(80)65(78)64(77)61(56-73)83-71/h5,7,10-13,17-18,20-21,23-24,26-27,44,46,52,54,59-62,64-71,73-75,77-81H,3-4,6,8-9,14-16,19,22,25,28-43,45,47-51,53,55-58H2,1-2H3,(H,72,76)/b7-5-,12-10+,13-11-,18-17-,21-20-,24-23-,27-26-,46-44+,54-52+. The summed E-state index contributed by atoms with van der Waals surface area (Å²) in [6.45, 7) is 2.60. The van der Waals surface area contributed by atoms with E-state index in [1.54, 1.807) is 6.08 Å². The topological polar surface area (TPSA) is 228 Å². The van der Waals surface area contributed by atoms with Crippen LogP contribution >= 0.6 is 0 Å². The van der Waals surface area contributed by atoms with Crippen LogP contribution in [0.2, 0.25) is 0 Å². The Bertz CT molecular complexity index is 1840. The van der Waals surface area contributed by atoms with Crippen molar-refractivity contribution in [2.45, 2.75) is 312 Å². The van der Waals surface area contributed by atoms with Gasteiger partial charge in [-0.25, -0.2) is 0 Å². The lowest BCUT2D eigenvalue weighted by molar-refractivity contribution is -0.359. The van der Waals surface area contributed by atoms with Gasteiger partial charge in [-0.05, 0) is 89.9 Å². The largest absolute Gasteiger partial charge is 0.394 e. The predicted molar refractivity (Wildman–Crippen MR) is 345 cm³/mol. The Morgan fingerprint density at radius 1 is 0.435 bits per heavy atom. The third-order valence-electron chi connectivity index (χ3n) is 15.7. The molecule has 0 bridgehead atoms. The Hall–Kier alpha value is -3.35. The van der Waals surface area contributed by atoms with E-state index >= 15 is 0 Å². The zero-order chi connectivity index (χ0) is 61.6. The van der Waals surface area contributed by atoms with Crippen LogP contribution in [0.5, 0.6) is 0 Å². The molecule has 2 fully saturated rings. The van der Waals surface area contributed by atoms with Crippen LogP contribution in [0, 0.1) is 0 Å². The van der Waals surface area contributed by atoms with Crippen LogP contribution in [0.15, 0.2) is 109 Å². The minimum absolute atomic E-state index is 0.256. The molecular weight excluding hydrogens is 1070 g/mol. The number of rotatable bonds is 53. The van der Waals surface area contributed by atoms with E-state index in [4.69, 9.17) is 18.9 Å². The number of unbranched alkanes of at least 4 members (excludes halogenated alkanes) is 24. The van der Waals surface area contributed by atoms with E-state index in [0.29, 0.717) is 12.8 Å². The molecule has 0 aromatic rings. The van der Waals surface area contributed by atoms with Gasteiger partial charge in [-0.3, -0.25) is 4.79 Å². The number of ether oxygens (including phenoxy) is 4. The monoisotopic (exact) mass is 1200 g/mol. The number of hydrogen-bond donors (Lipinski definition) is 9. The summed E-state index contributed by atoms with van der Waals surface area (Å²) < 4.78 is 22.7. The molecule has 0 aromatic heterocycles. The molecule has 2 heterocycles. The normalized spacial score (nSPS) is 24.3. The fraction of sp³-hybridized carbons (Fsp3) is 0.732. The molecule has 0 aromatic carbocycles. The van der Waals surface area contributed by atoms with Gasteiger partial charge < -0.3 is 65.1 Å². The van der Waals surface area contributed by atoms with Gasteiger partial charge in [-0.1, -0.05) is 252 Å². The van der Waals surface area contributed by atoms with Crippen LogP contribution in [-0.4, -0.2) is 140 Å². The van der Waals surface area contributed by atoms with Crippen molar-refractivity contribution in [3.63, 3.8) is 0 Å². The molecule has 2 rings (SSSR count). The summed E-state index contributed by atoms with van der Waals surface area (Å²) in [4.78, 5) is 13.3. The minimum Gasteiger partial charge on any atom is -0.394 e. The summed E-state index contributed by atoms with van der Waals surface area (Å²) >= 11 is 0. The van der Waals surface area contributed by atoms with Gasteiger partial charge in [0, 0.05) is 6.42 Å². The third-order valence-corrected chi connectivity index (χ3v) is 15.7. The second-order valence-electron chi connectivity index (χ2n) is 23.2. The minimum atomic E-state index is -1.80. The van der Waals surface area contributed by atoms with Crippen molar-refractivity contribution in [1.29, 1.82) is 0 Å². The maximum absolute atomic E-state index is 13.3. The summed E-state index contributed by atoms with van der Waals surface area (Å²) in [7, 11) is 0. The summed E-state index contributed by atoms with van der Waals surface area (Å²) in [6.07, 6.45) is 61.7. The van der Waals surface area contributed by atoms with E-state index in [0.717, 1.165) is 83.5 Å². The molecule has 488 valence electrons. The van der Waals surface area contributed by atoms with Gasteiger partial charge in [0.15, 0.2) is 12.6 Å². The molecule has 14 nitrogen and oxygen atoms in total. The number of amides is 1. The predicted octanol–water partition coefficient (Wildman–Crippen LogP) is 13.2. The molecule has 2 aliphatic heterocycles. The molecule has 12 atom stereocenters. The van der Waals surface area contributed by atoms with Crippen LogP contribution < -0.4 is 5.32 Å². The Balaban J connectivity index is 1.57. The number of carbonyl (C=O) groups is 1. The molecule has 14 heteroatoms. The molecule has 0 radical (unpaired) electrons. The van der Waals surface area contributed by atoms with Crippen LogP contribution in [0.4, 0.5) is 0 Å². The molecule has 12 unspecified atom stereocenters. The highest BCUT2D eigenvalue weighted by molar-refractivity contribution is 5.76.